The van der Waals surface area contributed by atoms with Crippen LogP contribution in [0.4, 0.5) is 0 Å². The molecule has 27 heavy (non-hydrogen) atoms. The minimum Gasteiger partial charge on any atom is -0.278 e. The number of hydrogen-bond acceptors (Lipinski definition) is 4. The zero-order chi connectivity index (χ0) is 18.9. The van der Waals surface area contributed by atoms with Crippen molar-refractivity contribution in [1.82, 2.24) is 4.90 Å². The molecule has 1 aliphatic heterocycles. The molecule has 1 fully saturated rings. The first-order valence-corrected chi connectivity index (χ1v) is 8.84. The van der Waals surface area contributed by atoms with E-state index in [9.17, 15) is 19.7 Å². The molecular weight excluding hydrogens is 344 g/mol. The summed E-state index contributed by atoms with van der Waals surface area (Å²) >= 11 is 0. The van der Waals surface area contributed by atoms with Crippen molar-refractivity contribution in [2.75, 3.05) is 6.54 Å². The molecule has 1 heterocycles. The lowest BCUT2D eigenvalue weighted by Gasteiger charge is -2.48. The second-order valence-corrected chi connectivity index (χ2v) is 7.25. The van der Waals surface area contributed by atoms with Crippen molar-refractivity contribution in [3.05, 3.63) is 93.6 Å². The molecule has 4 aliphatic rings. The Morgan fingerprint density at radius 3 is 2.11 bits per heavy atom. The predicted octanol–water partition coefficient (Wildman–Crippen LogP) is 2.45. The fourth-order valence-electron chi connectivity index (χ4n) is 5.41. The summed E-state index contributed by atoms with van der Waals surface area (Å²) in [6.45, 7) is 3.68. The maximum absolute atomic E-state index is 13.2. The van der Waals surface area contributed by atoms with Crippen LogP contribution >= 0.6 is 0 Å². The molecule has 6 heteroatoms. The molecule has 0 radical (unpaired) electrons. The molecule has 2 aromatic rings. The van der Waals surface area contributed by atoms with Crippen LogP contribution in [0.3, 0.4) is 0 Å². The van der Waals surface area contributed by atoms with Gasteiger partial charge in [0.25, 0.3) is 5.54 Å². The zero-order valence-electron chi connectivity index (χ0n) is 14.4. The van der Waals surface area contributed by atoms with E-state index in [2.05, 4.69) is 6.58 Å². The van der Waals surface area contributed by atoms with Gasteiger partial charge < -0.3 is 0 Å². The SMILES string of the molecule is C=CCN1C(=O)C2C3c4ccccc4C([N+](=O)[O-])(c4ccccc43)C2C1=O. The number of benzene rings is 2. The van der Waals surface area contributed by atoms with Crippen molar-refractivity contribution >= 4 is 11.8 Å². The molecule has 2 unspecified atom stereocenters. The topological polar surface area (TPSA) is 80.5 Å². The van der Waals surface area contributed by atoms with Crippen LogP contribution in [-0.2, 0) is 15.1 Å². The molecule has 2 atom stereocenters. The Hall–Kier alpha value is -3.28. The average Bonchev–Trinajstić information content (AvgIpc) is 2.94. The summed E-state index contributed by atoms with van der Waals surface area (Å²) in [5.74, 6) is -2.96. The molecule has 0 N–H and O–H groups in total. The number of imide groups is 1. The van der Waals surface area contributed by atoms with Gasteiger partial charge in [-0.25, -0.2) is 0 Å². The number of amides is 2. The Morgan fingerprint density at radius 1 is 1.04 bits per heavy atom. The van der Waals surface area contributed by atoms with Gasteiger partial charge in [-0.1, -0.05) is 54.6 Å². The van der Waals surface area contributed by atoms with Crippen molar-refractivity contribution in [2.45, 2.75) is 11.5 Å². The van der Waals surface area contributed by atoms with Gasteiger partial charge in [0.2, 0.25) is 11.8 Å². The summed E-state index contributed by atoms with van der Waals surface area (Å²) < 4.78 is 0. The van der Waals surface area contributed by atoms with Gasteiger partial charge in [-0.15, -0.1) is 6.58 Å². The van der Waals surface area contributed by atoms with E-state index in [1.807, 2.05) is 24.3 Å². The molecule has 6 rings (SSSR count). The van der Waals surface area contributed by atoms with Crippen molar-refractivity contribution < 1.29 is 14.5 Å². The van der Waals surface area contributed by atoms with E-state index in [1.165, 1.54) is 6.08 Å². The highest BCUT2D eigenvalue weighted by molar-refractivity contribution is 6.08. The Balaban J connectivity index is 1.91. The molecule has 2 amide bonds. The maximum atomic E-state index is 13.2. The first-order chi connectivity index (χ1) is 13.0. The molecular formula is C21H16N2O4. The second-order valence-electron chi connectivity index (χ2n) is 7.25. The van der Waals surface area contributed by atoms with Crippen LogP contribution in [0, 0.1) is 22.0 Å². The molecule has 1 saturated heterocycles. The minimum absolute atomic E-state index is 0.0673. The van der Waals surface area contributed by atoms with E-state index in [0.29, 0.717) is 11.1 Å². The number of nitro groups is 1. The molecule has 0 aromatic heterocycles. The van der Waals surface area contributed by atoms with Gasteiger partial charge in [0.05, 0.1) is 5.92 Å². The molecule has 0 saturated carbocycles. The monoisotopic (exact) mass is 360 g/mol. The lowest BCUT2D eigenvalue weighted by Crippen LogP contribution is -2.57. The number of nitrogens with zero attached hydrogens (tertiary/aromatic N) is 2. The molecule has 6 nitrogen and oxygen atoms in total. The highest BCUT2D eigenvalue weighted by Gasteiger charge is 2.74. The van der Waals surface area contributed by atoms with Crippen LogP contribution in [0.1, 0.15) is 28.2 Å². The van der Waals surface area contributed by atoms with Crippen LogP contribution in [0.5, 0.6) is 0 Å². The van der Waals surface area contributed by atoms with Crippen LogP contribution < -0.4 is 0 Å². The predicted molar refractivity (Wildman–Crippen MR) is 96.4 cm³/mol. The number of hydrogen-bond donors (Lipinski definition) is 0. The van der Waals surface area contributed by atoms with Gasteiger partial charge in [-0.2, -0.15) is 0 Å². The van der Waals surface area contributed by atoms with Gasteiger partial charge in [-0.05, 0) is 11.1 Å². The van der Waals surface area contributed by atoms with E-state index < -0.39 is 23.3 Å². The maximum Gasteiger partial charge on any atom is 0.284 e. The third-order valence-electron chi connectivity index (χ3n) is 6.26. The minimum atomic E-state index is -1.74. The molecule has 2 aromatic carbocycles. The quantitative estimate of drug-likeness (QED) is 0.364. The highest BCUT2D eigenvalue weighted by Crippen LogP contribution is 2.64. The summed E-state index contributed by atoms with van der Waals surface area (Å²) in [6, 6.07) is 14.3. The van der Waals surface area contributed by atoms with Crippen molar-refractivity contribution in [3.8, 4) is 0 Å². The Kier molecular flexibility index (Phi) is 3.03. The number of likely N-dealkylation sites (tertiary alicyclic amines) is 1. The lowest BCUT2D eigenvalue weighted by atomic mass is 9.51. The van der Waals surface area contributed by atoms with Crippen LogP contribution in [0.25, 0.3) is 0 Å². The molecule has 0 spiro atoms. The summed E-state index contributed by atoms with van der Waals surface area (Å²) in [4.78, 5) is 39.8. The molecule has 2 bridgehead atoms. The summed E-state index contributed by atoms with van der Waals surface area (Å²) in [5, 5.41) is 12.6. The van der Waals surface area contributed by atoms with E-state index in [1.54, 1.807) is 24.3 Å². The van der Waals surface area contributed by atoms with Crippen LogP contribution in [0.15, 0.2) is 61.2 Å². The standard InChI is InChI=1S/C21H16N2O4/c1-2-11-22-19(24)17-16-12-7-3-5-9-14(12)21(23(26)27,18(17)20(22)25)15-10-6-4-8-13(15)16/h2-10,16-18H,1,11H2. The van der Waals surface area contributed by atoms with E-state index in [0.717, 1.165) is 16.0 Å². The van der Waals surface area contributed by atoms with Gasteiger partial charge >= 0.3 is 0 Å². The normalized spacial score (nSPS) is 29.9. The molecule has 134 valence electrons. The summed E-state index contributed by atoms with van der Waals surface area (Å²) in [6.07, 6.45) is 1.48. The summed E-state index contributed by atoms with van der Waals surface area (Å²) in [7, 11) is 0. The fraction of sp³-hybridized carbons (Fsp3) is 0.238. The van der Waals surface area contributed by atoms with Gasteiger partial charge in [-0.3, -0.25) is 24.6 Å². The molecule has 3 aliphatic carbocycles. The number of carbonyl (C=O) groups excluding carboxylic acids is 2. The van der Waals surface area contributed by atoms with Gasteiger partial charge in [0.15, 0.2) is 0 Å². The first kappa shape index (κ1) is 15.9. The smallest absolute Gasteiger partial charge is 0.278 e. The summed E-state index contributed by atoms with van der Waals surface area (Å²) in [5.41, 5.74) is 0.865. The number of rotatable bonds is 3. The third kappa shape index (κ3) is 1.61. The Labute approximate surface area is 155 Å². The number of carbonyl (C=O) groups is 2. The Morgan fingerprint density at radius 2 is 1.59 bits per heavy atom. The van der Waals surface area contributed by atoms with E-state index in [-0.39, 0.29) is 23.3 Å². The van der Waals surface area contributed by atoms with Crippen molar-refractivity contribution in [1.29, 1.82) is 0 Å². The second kappa shape index (κ2) is 5.13. The lowest BCUT2D eigenvalue weighted by molar-refractivity contribution is -0.578. The van der Waals surface area contributed by atoms with E-state index >= 15 is 0 Å². The van der Waals surface area contributed by atoms with E-state index in [4.69, 9.17) is 0 Å². The Bertz CT molecular complexity index is 996. The largest absolute Gasteiger partial charge is 0.284 e. The fourth-order valence-corrected chi connectivity index (χ4v) is 5.41. The highest BCUT2D eigenvalue weighted by atomic mass is 16.6. The van der Waals surface area contributed by atoms with Crippen LogP contribution in [0.2, 0.25) is 0 Å². The average molecular weight is 360 g/mol. The van der Waals surface area contributed by atoms with Crippen molar-refractivity contribution in [3.63, 3.8) is 0 Å². The van der Waals surface area contributed by atoms with Gasteiger partial charge in [0, 0.05) is 28.5 Å². The third-order valence-corrected chi connectivity index (χ3v) is 6.26. The zero-order valence-corrected chi connectivity index (χ0v) is 14.4. The van der Waals surface area contributed by atoms with Gasteiger partial charge in [0.1, 0.15) is 5.92 Å². The first-order valence-electron chi connectivity index (χ1n) is 8.84. The van der Waals surface area contributed by atoms with Crippen molar-refractivity contribution in [2.24, 2.45) is 11.8 Å². The van der Waals surface area contributed by atoms with Crippen LogP contribution in [-0.4, -0.2) is 28.2 Å².